The molecule has 1 atom stereocenters. The van der Waals surface area contributed by atoms with Crippen molar-refractivity contribution in [1.29, 1.82) is 0 Å². The molecule has 8 heteroatoms. The molecule has 2 aromatic rings. The molecule has 4 rings (SSSR count). The molecule has 2 aliphatic rings. The number of thioether (sulfide) groups is 1. The molecule has 1 saturated heterocycles. The molecule has 0 saturated carbocycles. The van der Waals surface area contributed by atoms with Gasteiger partial charge in [-0.3, -0.25) is 4.79 Å². The van der Waals surface area contributed by atoms with Crippen molar-refractivity contribution in [2.24, 2.45) is 5.10 Å². The van der Waals surface area contributed by atoms with Gasteiger partial charge in [0.2, 0.25) is 0 Å². The Labute approximate surface area is 178 Å². The third-order valence-corrected chi connectivity index (χ3v) is 7.17. The van der Waals surface area contributed by atoms with Gasteiger partial charge in [0.25, 0.3) is 5.91 Å². The Hall–Kier alpha value is -1.74. The van der Waals surface area contributed by atoms with Crippen molar-refractivity contribution in [2.45, 2.75) is 12.5 Å². The number of morpholine rings is 1. The van der Waals surface area contributed by atoms with Crippen LogP contribution in [0, 0.1) is 0 Å². The monoisotopic (exact) mass is 431 g/mol. The quantitative estimate of drug-likeness (QED) is 0.690. The Kier molecular flexibility index (Phi) is 6.41. The molecule has 1 aromatic carbocycles. The predicted octanol–water partition coefficient (Wildman–Crippen LogP) is 3.78. The number of amides is 1. The number of benzene rings is 1. The SMILES string of the molecule is O=C(CSC(=S)N1CCOCC1)N1N=C(c2cccs2)C[C@@H]1c1ccccc1. The largest absolute Gasteiger partial charge is 0.378 e. The Morgan fingerprint density at radius 2 is 2.00 bits per heavy atom. The number of hydrogen-bond donors (Lipinski definition) is 0. The maximum Gasteiger partial charge on any atom is 0.253 e. The molecule has 0 aliphatic carbocycles. The maximum absolute atomic E-state index is 13.0. The minimum absolute atomic E-state index is 0.0129. The summed E-state index contributed by atoms with van der Waals surface area (Å²) in [5, 5.41) is 8.39. The molecule has 0 N–H and O–H groups in total. The summed E-state index contributed by atoms with van der Waals surface area (Å²) in [5.74, 6) is 0.279. The van der Waals surface area contributed by atoms with Crippen LogP contribution >= 0.6 is 35.3 Å². The molecular formula is C20H21N3O2S3. The van der Waals surface area contributed by atoms with E-state index in [1.807, 2.05) is 29.6 Å². The van der Waals surface area contributed by atoms with E-state index in [0.29, 0.717) is 19.0 Å². The zero-order chi connectivity index (χ0) is 19.3. The highest BCUT2D eigenvalue weighted by molar-refractivity contribution is 8.23. The van der Waals surface area contributed by atoms with Crippen LogP contribution in [0.2, 0.25) is 0 Å². The van der Waals surface area contributed by atoms with Crippen LogP contribution in [-0.4, -0.2) is 57.9 Å². The molecule has 146 valence electrons. The van der Waals surface area contributed by atoms with Crippen LogP contribution in [0.3, 0.4) is 0 Å². The van der Waals surface area contributed by atoms with E-state index in [1.54, 1.807) is 16.3 Å². The molecule has 0 radical (unpaired) electrons. The van der Waals surface area contributed by atoms with E-state index in [2.05, 4.69) is 23.1 Å². The summed E-state index contributed by atoms with van der Waals surface area (Å²) in [6.45, 7) is 2.95. The Morgan fingerprint density at radius 1 is 1.21 bits per heavy atom. The number of ether oxygens (including phenoxy) is 1. The Morgan fingerprint density at radius 3 is 2.71 bits per heavy atom. The molecule has 0 spiro atoms. The minimum atomic E-state index is -0.0663. The summed E-state index contributed by atoms with van der Waals surface area (Å²) in [4.78, 5) is 16.3. The van der Waals surface area contributed by atoms with Crippen molar-refractivity contribution < 1.29 is 9.53 Å². The molecule has 3 heterocycles. The molecular weight excluding hydrogens is 410 g/mol. The van der Waals surface area contributed by atoms with E-state index >= 15 is 0 Å². The van der Waals surface area contributed by atoms with Gasteiger partial charge in [0.15, 0.2) is 0 Å². The predicted molar refractivity (Wildman–Crippen MR) is 119 cm³/mol. The first-order valence-corrected chi connectivity index (χ1v) is 11.5. The number of carbonyl (C=O) groups excluding carboxylic acids is 1. The average molecular weight is 432 g/mol. The number of carbonyl (C=O) groups is 1. The summed E-state index contributed by atoms with van der Waals surface area (Å²) in [6.07, 6.45) is 0.731. The molecule has 5 nitrogen and oxygen atoms in total. The van der Waals surface area contributed by atoms with E-state index in [-0.39, 0.29) is 11.9 Å². The number of thiophene rings is 1. The second-order valence-electron chi connectivity index (χ2n) is 6.55. The van der Waals surface area contributed by atoms with Crippen LogP contribution in [0.4, 0.5) is 0 Å². The first-order chi connectivity index (χ1) is 13.7. The number of hydrazone groups is 1. The van der Waals surface area contributed by atoms with Gasteiger partial charge in [-0.15, -0.1) is 11.3 Å². The summed E-state index contributed by atoms with van der Waals surface area (Å²) in [5.41, 5.74) is 2.07. The molecule has 1 fully saturated rings. The highest BCUT2D eigenvalue weighted by Gasteiger charge is 2.33. The van der Waals surface area contributed by atoms with Gasteiger partial charge < -0.3 is 9.64 Å². The van der Waals surface area contributed by atoms with Crippen molar-refractivity contribution >= 4 is 51.3 Å². The average Bonchev–Trinajstić information content (AvgIpc) is 3.43. The summed E-state index contributed by atoms with van der Waals surface area (Å²) in [7, 11) is 0. The number of hydrogen-bond acceptors (Lipinski definition) is 6. The van der Waals surface area contributed by atoms with Crippen LogP contribution in [0.1, 0.15) is 22.9 Å². The lowest BCUT2D eigenvalue weighted by molar-refractivity contribution is -0.130. The van der Waals surface area contributed by atoms with E-state index in [9.17, 15) is 4.79 Å². The van der Waals surface area contributed by atoms with Crippen LogP contribution in [-0.2, 0) is 9.53 Å². The molecule has 2 aliphatic heterocycles. The Balaban J connectivity index is 1.47. The van der Waals surface area contributed by atoms with E-state index in [0.717, 1.165) is 40.0 Å². The minimum Gasteiger partial charge on any atom is -0.378 e. The third kappa shape index (κ3) is 4.46. The fourth-order valence-electron chi connectivity index (χ4n) is 3.29. The van der Waals surface area contributed by atoms with Gasteiger partial charge in [-0.25, -0.2) is 5.01 Å². The van der Waals surface area contributed by atoms with Gasteiger partial charge in [-0.05, 0) is 17.0 Å². The van der Waals surface area contributed by atoms with Gasteiger partial charge in [0.1, 0.15) is 4.32 Å². The number of thiocarbonyl (C=S) groups is 1. The van der Waals surface area contributed by atoms with Crippen LogP contribution in [0.5, 0.6) is 0 Å². The molecule has 28 heavy (non-hydrogen) atoms. The van der Waals surface area contributed by atoms with Crippen molar-refractivity contribution in [2.75, 3.05) is 32.1 Å². The standard InChI is InChI=1S/C20H21N3O2S3/c24-19(14-28-20(26)22-8-10-25-11-9-22)23-17(15-5-2-1-3-6-15)13-16(21-23)18-7-4-12-27-18/h1-7,12,17H,8-11,13-14H2/t17-/m1/s1. The van der Waals surface area contributed by atoms with Crippen molar-refractivity contribution in [3.63, 3.8) is 0 Å². The molecule has 0 unspecified atom stereocenters. The Bertz CT molecular complexity index is 849. The fourth-order valence-corrected chi connectivity index (χ4v) is 5.12. The normalized spacial score (nSPS) is 19.6. The zero-order valence-electron chi connectivity index (χ0n) is 15.3. The lowest BCUT2D eigenvalue weighted by Crippen LogP contribution is -2.39. The first-order valence-electron chi connectivity index (χ1n) is 9.20. The lowest BCUT2D eigenvalue weighted by atomic mass is 10.0. The van der Waals surface area contributed by atoms with Crippen molar-refractivity contribution in [1.82, 2.24) is 9.91 Å². The van der Waals surface area contributed by atoms with Gasteiger partial charge in [-0.2, -0.15) is 5.10 Å². The smallest absolute Gasteiger partial charge is 0.253 e. The number of nitrogens with zero attached hydrogens (tertiary/aromatic N) is 3. The summed E-state index contributed by atoms with van der Waals surface area (Å²) in [6, 6.07) is 14.1. The van der Waals surface area contributed by atoms with Crippen LogP contribution in [0.25, 0.3) is 0 Å². The molecule has 1 aromatic heterocycles. The maximum atomic E-state index is 13.0. The second kappa shape index (κ2) is 9.17. The summed E-state index contributed by atoms with van der Waals surface area (Å²) >= 11 is 8.58. The molecule has 0 bridgehead atoms. The topological polar surface area (TPSA) is 45.1 Å². The van der Waals surface area contributed by atoms with Gasteiger partial charge in [-0.1, -0.05) is 60.4 Å². The van der Waals surface area contributed by atoms with Gasteiger partial charge >= 0.3 is 0 Å². The zero-order valence-corrected chi connectivity index (χ0v) is 17.8. The number of rotatable bonds is 4. The third-order valence-electron chi connectivity index (χ3n) is 4.74. The van der Waals surface area contributed by atoms with E-state index in [4.69, 9.17) is 22.1 Å². The second-order valence-corrected chi connectivity index (χ2v) is 9.10. The highest BCUT2D eigenvalue weighted by atomic mass is 32.2. The van der Waals surface area contributed by atoms with Gasteiger partial charge in [0, 0.05) is 19.5 Å². The fraction of sp³-hybridized carbons (Fsp3) is 0.350. The first kappa shape index (κ1) is 19.6. The van der Waals surface area contributed by atoms with Crippen LogP contribution in [0.15, 0.2) is 52.9 Å². The van der Waals surface area contributed by atoms with E-state index in [1.165, 1.54) is 11.8 Å². The van der Waals surface area contributed by atoms with Crippen molar-refractivity contribution in [3.8, 4) is 0 Å². The van der Waals surface area contributed by atoms with Gasteiger partial charge in [0.05, 0.1) is 35.6 Å². The van der Waals surface area contributed by atoms with E-state index < -0.39 is 0 Å². The summed E-state index contributed by atoms with van der Waals surface area (Å²) < 4.78 is 6.12. The highest BCUT2D eigenvalue weighted by Crippen LogP contribution is 2.34. The molecule has 1 amide bonds. The lowest BCUT2D eigenvalue weighted by Gasteiger charge is -2.29. The van der Waals surface area contributed by atoms with Crippen LogP contribution < -0.4 is 0 Å². The van der Waals surface area contributed by atoms with Crippen molar-refractivity contribution in [3.05, 3.63) is 58.3 Å².